The molecule has 21 heavy (non-hydrogen) atoms. The van der Waals surface area contributed by atoms with Crippen LogP contribution >= 0.6 is 11.3 Å². The van der Waals surface area contributed by atoms with E-state index < -0.39 is 0 Å². The van der Waals surface area contributed by atoms with Crippen molar-refractivity contribution in [3.05, 3.63) is 4.88 Å². The summed E-state index contributed by atoms with van der Waals surface area (Å²) < 4.78 is 0. The Balaban J connectivity index is 1.69. The third-order valence-corrected chi connectivity index (χ3v) is 5.52. The van der Waals surface area contributed by atoms with Crippen LogP contribution in [0.25, 0.3) is 0 Å². The standard InChI is InChI=1S/C15H24N4OS/c1-9-4-3-5-11(8-9)19(2)14(20)12-13(16)18-15(21-12)17-10-6-7-10/h9-11H,3-8,16H2,1-2H3,(H,17,18). The SMILES string of the molecule is CC1CCCC(N(C)C(=O)c2sc(NC3CC3)nc2N)C1. The van der Waals surface area contributed by atoms with E-state index in [-0.39, 0.29) is 5.91 Å². The molecule has 0 radical (unpaired) electrons. The average molecular weight is 308 g/mol. The van der Waals surface area contributed by atoms with Gasteiger partial charge in [0.1, 0.15) is 10.7 Å². The highest BCUT2D eigenvalue weighted by Gasteiger charge is 2.29. The number of aromatic nitrogens is 1. The van der Waals surface area contributed by atoms with E-state index in [4.69, 9.17) is 5.73 Å². The molecule has 6 heteroatoms. The number of anilines is 2. The molecule has 2 saturated carbocycles. The molecule has 2 aliphatic rings. The highest BCUT2D eigenvalue weighted by molar-refractivity contribution is 7.18. The molecule has 3 N–H and O–H groups in total. The van der Waals surface area contributed by atoms with Gasteiger partial charge in [0.2, 0.25) is 0 Å². The van der Waals surface area contributed by atoms with Gasteiger partial charge in [-0.05, 0) is 31.6 Å². The lowest BCUT2D eigenvalue weighted by atomic mass is 9.86. The Hall–Kier alpha value is -1.30. The fraction of sp³-hybridized carbons (Fsp3) is 0.733. The van der Waals surface area contributed by atoms with E-state index in [1.807, 2.05) is 11.9 Å². The number of hydrogen-bond acceptors (Lipinski definition) is 5. The molecule has 2 atom stereocenters. The van der Waals surface area contributed by atoms with Gasteiger partial charge in [-0.3, -0.25) is 4.79 Å². The predicted octanol–water partition coefficient (Wildman–Crippen LogP) is 2.95. The number of thiazole rings is 1. The maximum atomic E-state index is 12.7. The van der Waals surface area contributed by atoms with Gasteiger partial charge in [-0.1, -0.05) is 31.1 Å². The van der Waals surface area contributed by atoms with Gasteiger partial charge in [-0.25, -0.2) is 4.98 Å². The largest absolute Gasteiger partial charge is 0.382 e. The smallest absolute Gasteiger partial charge is 0.267 e. The van der Waals surface area contributed by atoms with E-state index in [0.29, 0.717) is 28.7 Å². The van der Waals surface area contributed by atoms with Crippen LogP contribution in [0, 0.1) is 5.92 Å². The van der Waals surface area contributed by atoms with Gasteiger partial charge in [0.15, 0.2) is 5.13 Å². The Morgan fingerprint density at radius 1 is 1.38 bits per heavy atom. The number of nitrogens with one attached hydrogen (secondary N) is 1. The van der Waals surface area contributed by atoms with Gasteiger partial charge in [0, 0.05) is 19.1 Å². The summed E-state index contributed by atoms with van der Waals surface area (Å²) >= 11 is 1.39. The van der Waals surface area contributed by atoms with Crippen molar-refractivity contribution >= 4 is 28.2 Å². The van der Waals surface area contributed by atoms with Gasteiger partial charge in [0.05, 0.1) is 0 Å². The Kier molecular flexibility index (Phi) is 4.06. The molecule has 0 spiro atoms. The molecule has 2 fully saturated rings. The van der Waals surface area contributed by atoms with Crippen LogP contribution in [0.5, 0.6) is 0 Å². The zero-order valence-electron chi connectivity index (χ0n) is 12.8. The van der Waals surface area contributed by atoms with Crippen LogP contribution in [0.1, 0.15) is 55.1 Å². The van der Waals surface area contributed by atoms with Gasteiger partial charge < -0.3 is 16.0 Å². The highest BCUT2D eigenvalue weighted by Crippen LogP contribution is 2.33. The molecule has 1 heterocycles. The summed E-state index contributed by atoms with van der Waals surface area (Å²) in [7, 11) is 1.90. The Morgan fingerprint density at radius 3 is 2.81 bits per heavy atom. The predicted molar refractivity (Wildman–Crippen MR) is 86.7 cm³/mol. The normalized spacial score (nSPS) is 25.6. The number of nitrogens with zero attached hydrogens (tertiary/aromatic N) is 2. The van der Waals surface area contributed by atoms with Crippen molar-refractivity contribution in [3.63, 3.8) is 0 Å². The molecule has 0 saturated heterocycles. The lowest BCUT2D eigenvalue weighted by Gasteiger charge is -2.33. The summed E-state index contributed by atoms with van der Waals surface area (Å²) in [5.74, 6) is 1.08. The van der Waals surface area contributed by atoms with Crippen LogP contribution in [0.15, 0.2) is 0 Å². The Bertz CT molecular complexity index is 526. The summed E-state index contributed by atoms with van der Waals surface area (Å²) in [4.78, 5) is 19.4. The molecular formula is C15H24N4OS. The number of rotatable bonds is 4. The van der Waals surface area contributed by atoms with Crippen LogP contribution in [0.2, 0.25) is 0 Å². The van der Waals surface area contributed by atoms with E-state index >= 15 is 0 Å². The van der Waals surface area contributed by atoms with Crippen molar-refractivity contribution in [1.82, 2.24) is 9.88 Å². The summed E-state index contributed by atoms with van der Waals surface area (Å²) in [5.41, 5.74) is 5.94. The third-order valence-electron chi connectivity index (χ3n) is 4.53. The second-order valence-corrected chi connectivity index (χ2v) is 7.49. The van der Waals surface area contributed by atoms with E-state index in [1.165, 1.54) is 37.0 Å². The molecule has 1 aromatic heterocycles. The van der Waals surface area contributed by atoms with E-state index in [0.717, 1.165) is 18.0 Å². The minimum absolute atomic E-state index is 0.0212. The van der Waals surface area contributed by atoms with Gasteiger partial charge >= 0.3 is 0 Å². The molecule has 116 valence electrons. The molecule has 0 aliphatic heterocycles. The first-order valence-electron chi connectivity index (χ1n) is 7.84. The second-order valence-electron chi connectivity index (χ2n) is 6.49. The molecule has 3 rings (SSSR count). The molecule has 2 aliphatic carbocycles. The first-order chi connectivity index (χ1) is 10.0. The minimum atomic E-state index is 0.0212. The number of nitrogen functional groups attached to an aromatic ring is 1. The fourth-order valence-corrected chi connectivity index (χ4v) is 3.97. The first-order valence-corrected chi connectivity index (χ1v) is 8.66. The van der Waals surface area contributed by atoms with Gasteiger partial charge in [-0.2, -0.15) is 0 Å². The van der Waals surface area contributed by atoms with E-state index in [2.05, 4.69) is 17.2 Å². The van der Waals surface area contributed by atoms with Crippen molar-refractivity contribution in [3.8, 4) is 0 Å². The van der Waals surface area contributed by atoms with E-state index in [9.17, 15) is 4.79 Å². The van der Waals surface area contributed by atoms with Crippen LogP contribution in [0.4, 0.5) is 10.9 Å². The summed E-state index contributed by atoms with van der Waals surface area (Å²) in [6.07, 6.45) is 7.03. The van der Waals surface area contributed by atoms with E-state index in [1.54, 1.807) is 0 Å². The maximum absolute atomic E-state index is 12.7. The van der Waals surface area contributed by atoms with Crippen LogP contribution in [-0.2, 0) is 0 Å². The minimum Gasteiger partial charge on any atom is -0.382 e. The van der Waals surface area contributed by atoms with Crippen molar-refractivity contribution in [2.45, 2.75) is 57.5 Å². The monoisotopic (exact) mass is 308 g/mol. The van der Waals surface area contributed by atoms with Crippen molar-refractivity contribution in [2.24, 2.45) is 5.92 Å². The highest BCUT2D eigenvalue weighted by atomic mass is 32.1. The molecule has 1 amide bonds. The zero-order chi connectivity index (χ0) is 15.0. The van der Waals surface area contributed by atoms with Gasteiger partial charge in [-0.15, -0.1) is 0 Å². The lowest BCUT2D eigenvalue weighted by Crippen LogP contribution is -2.39. The average Bonchev–Trinajstić information content (AvgIpc) is 3.19. The molecular weight excluding hydrogens is 284 g/mol. The molecule has 2 unspecified atom stereocenters. The van der Waals surface area contributed by atoms with Crippen molar-refractivity contribution in [2.75, 3.05) is 18.1 Å². The number of amides is 1. The number of carbonyl (C=O) groups is 1. The number of carbonyl (C=O) groups excluding carboxylic acids is 1. The van der Waals surface area contributed by atoms with Crippen molar-refractivity contribution < 1.29 is 4.79 Å². The molecule has 1 aromatic rings. The molecule has 5 nitrogen and oxygen atoms in total. The zero-order valence-corrected chi connectivity index (χ0v) is 13.6. The summed E-state index contributed by atoms with van der Waals surface area (Å²) in [6, 6.07) is 0.859. The van der Waals surface area contributed by atoms with Gasteiger partial charge in [0.25, 0.3) is 5.91 Å². The van der Waals surface area contributed by atoms with Crippen molar-refractivity contribution in [1.29, 1.82) is 0 Å². The number of hydrogen-bond donors (Lipinski definition) is 2. The quantitative estimate of drug-likeness (QED) is 0.897. The second kappa shape index (κ2) is 5.83. The third kappa shape index (κ3) is 3.31. The molecule has 0 bridgehead atoms. The molecule has 0 aromatic carbocycles. The van der Waals surface area contributed by atoms with Crippen LogP contribution in [0.3, 0.4) is 0 Å². The number of nitrogens with two attached hydrogens (primary N) is 1. The Morgan fingerprint density at radius 2 is 2.14 bits per heavy atom. The lowest BCUT2D eigenvalue weighted by molar-refractivity contribution is 0.0678. The Labute approximate surface area is 129 Å². The van der Waals surface area contributed by atoms with Crippen LogP contribution in [-0.4, -0.2) is 34.9 Å². The summed E-state index contributed by atoms with van der Waals surface area (Å²) in [5, 5.41) is 4.10. The maximum Gasteiger partial charge on any atom is 0.267 e. The summed E-state index contributed by atoms with van der Waals surface area (Å²) in [6.45, 7) is 2.27. The first kappa shape index (κ1) is 14.6. The fourth-order valence-electron chi connectivity index (χ4n) is 3.03. The topological polar surface area (TPSA) is 71.2 Å². The van der Waals surface area contributed by atoms with Crippen LogP contribution < -0.4 is 11.1 Å².